The molecule has 2 fully saturated rings. The van der Waals surface area contributed by atoms with Gasteiger partial charge in [-0.2, -0.15) is 0 Å². The summed E-state index contributed by atoms with van der Waals surface area (Å²) in [5, 5.41) is 0. The molecule has 0 radical (unpaired) electrons. The molecule has 5 nitrogen and oxygen atoms in total. The van der Waals surface area contributed by atoms with Crippen molar-refractivity contribution in [2.24, 2.45) is 5.92 Å². The standard InChI is InChI=1S/C23H25BrN2O3/c24-18-8-5-9-19(16-18)29-21-11-4-3-10-20(21)23(28)26-14-12-25(13-15-26)22(27)17-6-1-2-7-17/h3-5,8-11,16-17H,1-2,6-7,12-15H2. The SMILES string of the molecule is O=C(c1ccccc1Oc1cccc(Br)c1)N1CCN(C(=O)C2CCCC2)CC1. The topological polar surface area (TPSA) is 49.9 Å². The third kappa shape index (κ3) is 4.64. The molecule has 1 heterocycles. The zero-order valence-electron chi connectivity index (χ0n) is 16.4. The van der Waals surface area contributed by atoms with E-state index in [-0.39, 0.29) is 17.7 Å². The smallest absolute Gasteiger partial charge is 0.257 e. The van der Waals surface area contributed by atoms with Gasteiger partial charge in [-0.25, -0.2) is 0 Å². The maximum Gasteiger partial charge on any atom is 0.257 e. The molecule has 2 amide bonds. The first kappa shape index (κ1) is 20.0. The number of rotatable bonds is 4. The Balaban J connectivity index is 1.42. The summed E-state index contributed by atoms with van der Waals surface area (Å²) in [6.07, 6.45) is 4.34. The number of hydrogen-bond acceptors (Lipinski definition) is 3. The summed E-state index contributed by atoms with van der Waals surface area (Å²) >= 11 is 3.44. The Hall–Kier alpha value is -2.34. The summed E-state index contributed by atoms with van der Waals surface area (Å²) in [6, 6.07) is 14.9. The Kier molecular flexibility index (Phi) is 6.19. The van der Waals surface area contributed by atoms with Crippen molar-refractivity contribution in [2.75, 3.05) is 26.2 Å². The van der Waals surface area contributed by atoms with Crippen LogP contribution in [0.25, 0.3) is 0 Å². The van der Waals surface area contributed by atoms with Crippen LogP contribution in [0, 0.1) is 5.92 Å². The van der Waals surface area contributed by atoms with E-state index in [1.54, 1.807) is 6.07 Å². The maximum atomic E-state index is 13.1. The molecular weight excluding hydrogens is 432 g/mol. The first-order valence-electron chi connectivity index (χ1n) is 10.2. The van der Waals surface area contributed by atoms with Gasteiger partial charge in [0.15, 0.2) is 0 Å². The molecule has 0 unspecified atom stereocenters. The molecule has 29 heavy (non-hydrogen) atoms. The molecule has 2 aliphatic rings. The average molecular weight is 457 g/mol. The van der Waals surface area contributed by atoms with Crippen molar-refractivity contribution >= 4 is 27.7 Å². The van der Waals surface area contributed by atoms with E-state index in [0.29, 0.717) is 43.2 Å². The van der Waals surface area contributed by atoms with Crippen LogP contribution in [0.5, 0.6) is 11.5 Å². The predicted molar refractivity (Wildman–Crippen MR) is 115 cm³/mol. The van der Waals surface area contributed by atoms with Gasteiger partial charge in [0.2, 0.25) is 5.91 Å². The van der Waals surface area contributed by atoms with E-state index in [9.17, 15) is 9.59 Å². The van der Waals surface area contributed by atoms with Crippen LogP contribution >= 0.6 is 15.9 Å². The summed E-state index contributed by atoms with van der Waals surface area (Å²) in [5.41, 5.74) is 0.544. The lowest BCUT2D eigenvalue weighted by Gasteiger charge is -2.36. The van der Waals surface area contributed by atoms with Gasteiger partial charge in [-0.3, -0.25) is 9.59 Å². The second kappa shape index (κ2) is 8.99. The summed E-state index contributed by atoms with van der Waals surface area (Å²) < 4.78 is 6.91. The molecule has 0 spiro atoms. The number of nitrogens with zero attached hydrogens (tertiary/aromatic N) is 2. The minimum absolute atomic E-state index is 0.0523. The number of para-hydroxylation sites is 1. The molecule has 2 aromatic carbocycles. The van der Waals surface area contributed by atoms with Crippen molar-refractivity contribution in [1.29, 1.82) is 0 Å². The van der Waals surface area contributed by atoms with E-state index in [2.05, 4.69) is 15.9 Å². The molecule has 1 saturated heterocycles. The number of carbonyl (C=O) groups is 2. The summed E-state index contributed by atoms with van der Waals surface area (Å²) in [4.78, 5) is 29.5. The Bertz CT molecular complexity index is 887. The van der Waals surface area contributed by atoms with Crippen LogP contribution in [0.2, 0.25) is 0 Å². The highest BCUT2D eigenvalue weighted by Crippen LogP contribution is 2.29. The summed E-state index contributed by atoms with van der Waals surface area (Å²) in [5.74, 6) is 1.62. The van der Waals surface area contributed by atoms with Crippen LogP contribution in [-0.4, -0.2) is 47.8 Å². The van der Waals surface area contributed by atoms with Crippen molar-refractivity contribution in [1.82, 2.24) is 9.80 Å². The molecule has 0 atom stereocenters. The number of piperazine rings is 1. The van der Waals surface area contributed by atoms with Crippen LogP contribution in [0.4, 0.5) is 0 Å². The third-order valence-corrected chi connectivity index (χ3v) is 6.22. The fourth-order valence-corrected chi connectivity index (χ4v) is 4.50. The monoisotopic (exact) mass is 456 g/mol. The van der Waals surface area contributed by atoms with Crippen molar-refractivity contribution in [3.05, 3.63) is 58.6 Å². The van der Waals surface area contributed by atoms with Crippen molar-refractivity contribution in [3.63, 3.8) is 0 Å². The molecule has 2 aromatic rings. The Morgan fingerprint density at radius 3 is 2.31 bits per heavy atom. The van der Waals surface area contributed by atoms with Gasteiger partial charge in [-0.1, -0.05) is 47.0 Å². The lowest BCUT2D eigenvalue weighted by atomic mass is 10.1. The lowest BCUT2D eigenvalue weighted by molar-refractivity contribution is -0.136. The Labute approximate surface area is 179 Å². The molecule has 4 rings (SSSR count). The first-order valence-corrected chi connectivity index (χ1v) is 11.0. The third-order valence-electron chi connectivity index (χ3n) is 5.72. The predicted octanol–water partition coefficient (Wildman–Crippen LogP) is 4.72. The fraction of sp³-hybridized carbons (Fsp3) is 0.391. The highest BCUT2D eigenvalue weighted by atomic mass is 79.9. The van der Waals surface area contributed by atoms with E-state index < -0.39 is 0 Å². The van der Waals surface area contributed by atoms with E-state index >= 15 is 0 Å². The van der Waals surface area contributed by atoms with Crippen LogP contribution in [-0.2, 0) is 4.79 Å². The van der Waals surface area contributed by atoms with Crippen LogP contribution < -0.4 is 4.74 Å². The molecule has 1 aliphatic carbocycles. The number of carbonyl (C=O) groups excluding carboxylic acids is 2. The lowest BCUT2D eigenvalue weighted by Crippen LogP contribution is -2.51. The van der Waals surface area contributed by atoms with Gasteiger partial charge in [0, 0.05) is 36.6 Å². The molecule has 0 N–H and O–H groups in total. The second-order valence-electron chi connectivity index (χ2n) is 7.65. The number of halogens is 1. The quantitative estimate of drug-likeness (QED) is 0.668. The van der Waals surface area contributed by atoms with Crippen LogP contribution in [0.15, 0.2) is 53.0 Å². The van der Waals surface area contributed by atoms with Gasteiger partial charge in [-0.05, 0) is 43.2 Å². The Morgan fingerprint density at radius 2 is 1.59 bits per heavy atom. The van der Waals surface area contributed by atoms with Gasteiger partial charge >= 0.3 is 0 Å². The van der Waals surface area contributed by atoms with Crippen LogP contribution in [0.1, 0.15) is 36.0 Å². The summed E-state index contributed by atoms with van der Waals surface area (Å²) in [7, 11) is 0. The van der Waals surface area contributed by atoms with Gasteiger partial charge in [0.05, 0.1) is 5.56 Å². The Morgan fingerprint density at radius 1 is 0.897 bits per heavy atom. The zero-order chi connectivity index (χ0) is 20.2. The zero-order valence-corrected chi connectivity index (χ0v) is 17.9. The van der Waals surface area contributed by atoms with Crippen molar-refractivity contribution in [3.8, 4) is 11.5 Å². The molecular formula is C23H25BrN2O3. The summed E-state index contributed by atoms with van der Waals surface area (Å²) in [6.45, 7) is 2.33. The number of benzene rings is 2. The molecule has 0 bridgehead atoms. The van der Waals surface area contributed by atoms with E-state index in [0.717, 1.165) is 30.2 Å². The minimum atomic E-state index is -0.0523. The fourth-order valence-electron chi connectivity index (χ4n) is 4.12. The normalized spacial score (nSPS) is 17.4. The molecule has 152 valence electrons. The average Bonchev–Trinajstić information content (AvgIpc) is 3.28. The minimum Gasteiger partial charge on any atom is -0.456 e. The van der Waals surface area contributed by atoms with E-state index in [1.165, 1.54) is 0 Å². The van der Waals surface area contributed by atoms with E-state index in [1.807, 2.05) is 52.3 Å². The van der Waals surface area contributed by atoms with E-state index in [4.69, 9.17) is 4.74 Å². The van der Waals surface area contributed by atoms with Gasteiger partial charge in [0.1, 0.15) is 11.5 Å². The number of hydrogen-bond donors (Lipinski definition) is 0. The highest BCUT2D eigenvalue weighted by molar-refractivity contribution is 9.10. The first-order chi connectivity index (χ1) is 14.1. The second-order valence-corrected chi connectivity index (χ2v) is 8.57. The molecule has 1 saturated carbocycles. The van der Waals surface area contributed by atoms with Crippen molar-refractivity contribution in [2.45, 2.75) is 25.7 Å². The largest absolute Gasteiger partial charge is 0.456 e. The number of ether oxygens (including phenoxy) is 1. The van der Waals surface area contributed by atoms with Crippen LogP contribution in [0.3, 0.4) is 0 Å². The number of amides is 2. The molecule has 1 aliphatic heterocycles. The molecule has 6 heteroatoms. The maximum absolute atomic E-state index is 13.1. The van der Waals surface area contributed by atoms with Crippen molar-refractivity contribution < 1.29 is 14.3 Å². The van der Waals surface area contributed by atoms with Gasteiger partial charge < -0.3 is 14.5 Å². The van der Waals surface area contributed by atoms with Gasteiger partial charge in [-0.15, -0.1) is 0 Å². The highest BCUT2D eigenvalue weighted by Gasteiger charge is 2.31. The molecule has 0 aromatic heterocycles. The van der Waals surface area contributed by atoms with Gasteiger partial charge in [0.25, 0.3) is 5.91 Å².